The second-order valence-corrected chi connectivity index (χ2v) is 17.4. The molecule has 0 aliphatic heterocycles. The molecule has 5 heteroatoms. The van der Waals surface area contributed by atoms with E-state index in [-0.39, 0.29) is 23.4 Å². The molecule has 5 nitrogen and oxygen atoms in total. The average Bonchev–Trinajstić information content (AvgIpc) is 3.08. The van der Waals surface area contributed by atoms with E-state index in [0.29, 0.717) is 19.8 Å². The molecule has 1 unspecified atom stereocenters. The van der Waals surface area contributed by atoms with Crippen LogP contribution in [0.3, 0.4) is 0 Å². The third kappa shape index (κ3) is 40.2. The van der Waals surface area contributed by atoms with Crippen LogP contribution in [0.4, 0.5) is 4.79 Å². The summed E-state index contributed by atoms with van der Waals surface area (Å²) in [6, 6.07) is 0. The van der Waals surface area contributed by atoms with Crippen molar-refractivity contribution in [1.82, 2.24) is 5.32 Å². The Bertz CT molecular complexity index is 719. The molecule has 0 aromatic heterocycles. The summed E-state index contributed by atoms with van der Waals surface area (Å²) in [6.45, 7) is 16.6. The van der Waals surface area contributed by atoms with Crippen LogP contribution >= 0.6 is 0 Å². The molecule has 0 radical (unpaired) electrons. The second kappa shape index (κ2) is 36.2. The normalized spacial score (nSPS) is 12.8. The molecule has 0 aliphatic rings. The fourth-order valence-corrected chi connectivity index (χ4v) is 6.81. The minimum absolute atomic E-state index is 0.0361. The van der Waals surface area contributed by atoms with Gasteiger partial charge in [-0.15, -0.1) is 0 Å². The Balaban J connectivity index is 4.23. The number of amides is 1. The molecule has 0 rings (SSSR count). The molecule has 0 heterocycles. The molecule has 306 valence electrons. The van der Waals surface area contributed by atoms with Crippen molar-refractivity contribution in [2.24, 2.45) is 0 Å². The van der Waals surface area contributed by atoms with Crippen LogP contribution in [-0.4, -0.2) is 43.2 Å². The fourth-order valence-electron chi connectivity index (χ4n) is 6.81. The van der Waals surface area contributed by atoms with Gasteiger partial charge in [-0.05, 0) is 66.7 Å². The predicted octanol–water partition coefficient (Wildman–Crippen LogP) is 15.2. The number of alkyl carbamates (subject to hydrolysis) is 1. The molecule has 0 saturated carbocycles. The first-order valence-electron chi connectivity index (χ1n) is 22.8. The van der Waals surface area contributed by atoms with Gasteiger partial charge in [0.25, 0.3) is 0 Å². The van der Waals surface area contributed by atoms with E-state index in [1.165, 1.54) is 173 Å². The van der Waals surface area contributed by atoms with Crippen LogP contribution in [0.5, 0.6) is 0 Å². The number of carbonyl (C=O) groups is 1. The summed E-state index contributed by atoms with van der Waals surface area (Å²) in [7, 11) is 0. The van der Waals surface area contributed by atoms with Crippen molar-refractivity contribution in [2.75, 3.05) is 19.8 Å². The van der Waals surface area contributed by atoms with Crippen molar-refractivity contribution in [2.45, 2.75) is 271 Å². The molecule has 51 heavy (non-hydrogen) atoms. The fraction of sp³-hybridized carbons (Fsp3) is 0.978. The maximum atomic E-state index is 12.7. The van der Waals surface area contributed by atoms with Gasteiger partial charge in [0.15, 0.2) is 0 Å². The Morgan fingerprint density at radius 1 is 0.471 bits per heavy atom. The van der Waals surface area contributed by atoms with E-state index >= 15 is 0 Å². The summed E-state index contributed by atoms with van der Waals surface area (Å²) in [4.78, 5) is 12.7. The molecule has 0 aliphatic carbocycles. The van der Waals surface area contributed by atoms with Gasteiger partial charge in [-0.1, -0.05) is 187 Å². The molecule has 0 spiro atoms. The summed E-state index contributed by atoms with van der Waals surface area (Å²) >= 11 is 0. The smallest absolute Gasteiger partial charge is 0.407 e. The third-order valence-corrected chi connectivity index (χ3v) is 10.2. The van der Waals surface area contributed by atoms with E-state index in [1.54, 1.807) is 0 Å². The monoisotopic (exact) mass is 724 g/mol. The van der Waals surface area contributed by atoms with Crippen LogP contribution in [0.15, 0.2) is 0 Å². The van der Waals surface area contributed by atoms with E-state index in [0.717, 1.165) is 32.1 Å². The number of ether oxygens (including phenoxy) is 3. The van der Waals surface area contributed by atoms with Crippen LogP contribution in [-0.2, 0) is 14.2 Å². The zero-order valence-corrected chi connectivity index (χ0v) is 36.0. The highest BCUT2D eigenvalue weighted by atomic mass is 16.6. The van der Waals surface area contributed by atoms with Gasteiger partial charge in [0.1, 0.15) is 6.10 Å². The standard InChI is InChI=1S/C46H93NO4/c1-8-10-12-14-16-18-20-22-24-26-28-30-32-34-36-39-43(38-35-33-31-29-27-25-23-21-19-17-15-13-11-9-2)51-44(48)47-40-37-41-49-46(6,7)42-50-45(3,4)5/h43H,8-42H2,1-7H3,(H,47,48). The SMILES string of the molecule is CCCCCCCCCCCCCCCCCC(CCCCCCCCCCCCCCCC)OC(=O)NCCCOC(C)(C)COC(C)(C)C. The number of unbranched alkanes of at least 4 members (excludes halogenated alkanes) is 27. The Morgan fingerprint density at radius 2 is 0.804 bits per heavy atom. The Morgan fingerprint density at radius 3 is 1.14 bits per heavy atom. The van der Waals surface area contributed by atoms with Crippen molar-refractivity contribution in [3.8, 4) is 0 Å². The zero-order valence-electron chi connectivity index (χ0n) is 36.0. The zero-order chi connectivity index (χ0) is 37.7. The topological polar surface area (TPSA) is 56.8 Å². The lowest BCUT2D eigenvalue weighted by Crippen LogP contribution is -2.36. The van der Waals surface area contributed by atoms with Gasteiger partial charge >= 0.3 is 6.09 Å². The summed E-state index contributed by atoms with van der Waals surface area (Å²) in [6.07, 6.45) is 42.3. The van der Waals surface area contributed by atoms with Crippen molar-refractivity contribution >= 4 is 6.09 Å². The minimum Gasteiger partial charge on any atom is -0.446 e. The number of rotatable bonds is 39. The summed E-state index contributed by atoms with van der Waals surface area (Å²) in [5.41, 5.74) is -0.527. The number of nitrogens with one attached hydrogen (secondary N) is 1. The molecule has 1 atom stereocenters. The molecule has 1 N–H and O–H groups in total. The van der Waals surface area contributed by atoms with Crippen molar-refractivity contribution < 1.29 is 19.0 Å². The van der Waals surface area contributed by atoms with Gasteiger partial charge < -0.3 is 19.5 Å². The molecule has 0 fully saturated rings. The van der Waals surface area contributed by atoms with E-state index in [4.69, 9.17) is 14.2 Å². The second-order valence-electron chi connectivity index (χ2n) is 17.4. The van der Waals surface area contributed by atoms with Crippen LogP contribution in [0.2, 0.25) is 0 Å². The molecule has 0 aromatic rings. The van der Waals surface area contributed by atoms with Gasteiger partial charge in [-0.2, -0.15) is 0 Å². The highest BCUT2D eigenvalue weighted by molar-refractivity contribution is 5.67. The quantitative estimate of drug-likeness (QED) is 0.0642. The number of hydrogen-bond donors (Lipinski definition) is 1. The van der Waals surface area contributed by atoms with Crippen LogP contribution in [0, 0.1) is 0 Å². The maximum Gasteiger partial charge on any atom is 0.407 e. The molecular weight excluding hydrogens is 631 g/mol. The molecule has 0 bridgehead atoms. The average molecular weight is 724 g/mol. The van der Waals surface area contributed by atoms with Crippen molar-refractivity contribution in [3.63, 3.8) is 0 Å². The summed E-state index contributed by atoms with van der Waals surface area (Å²) in [5.74, 6) is 0. The lowest BCUT2D eigenvalue weighted by molar-refractivity contribution is -0.114. The molecule has 0 aromatic carbocycles. The van der Waals surface area contributed by atoms with Crippen LogP contribution in [0.1, 0.15) is 254 Å². The summed E-state index contributed by atoms with van der Waals surface area (Å²) in [5, 5.41) is 2.99. The molecular formula is C46H93NO4. The maximum absolute atomic E-state index is 12.7. The third-order valence-electron chi connectivity index (χ3n) is 10.2. The first-order valence-corrected chi connectivity index (χ1v) is 22.8. The van der Waals surface area contributed by atoms with Crippen molar-refractivity contribution in [1.29, 1.82) is 0 Å². The van der Waals surface area contributed by atoms with Crippen molar-refractivity contribution in [3.05, 3.63) is 0 Å². The Labute approximate surface area is 320 Å². The van der Waals surface area contributed by atoms with E-state index in [9.17, 15) is 4.79 Å². The van der Waals surface area contributed by atoms with E-state index < -0.39 is 0 Å². The first-order chi connectivity index (χ1) is 24.6. The molecule has 0 saturated heterocycles. The number of hydrogen-bond acceptors (Lipinski definition) is 4. The minimum atomic E-state index is -0.348. The molecule has 1 amide bonds. The van der Waals surface area contributed by atoms with Gasteiger partial charge in [0.05, 0.1) is 17.8 Å². The summed E-state index contributed by atoms with van der Waals surface area (Å²) < 4.78 is 17.9. The largest absolute Gasteiger partial charge is 0.446 e. The van der Waals surface area contributed by atoms with Crippen LogP contribution in [0.25, 0.3) is 0 Å². The van der Waals surface area contributed by atoms with Gasteiger partial charge in [-0.25, -0.2) is 4.79 Å². The van der Waals surface area contributed by atoms with Gasteiger partial charge in [0.2, 0.25) is 0 Å². The predicted molar refractivity (Wildman–Crippen MR) is 223 cm³/mol. The highest BCUT2D eigenvalue weighted by Gasteiger charge is 2.22. The highest BCUT2D eigenvalue weighted by Crippen LogP contribution is 2.19. The Hall–Kier alpha value is -0.810. The van der Waals surface area contributed by atoms with Gasteiger partial charge in [0, 0.05) is 13.2 Å². The lowest BCUT2D eigenvalue weighted by Gasteiger charge is -2.30. The first kappa shape index (κ1) is 50.2. The Kier molecular flexibility index (Phi) is 35.6. The lowest BCUT2D eigenvalue weighted by atomic mass is 10.0. The van der Waals surface area contributed by atoms with E-state index in [2.05, 4.69) is 53.8 Å². The van der Waals surface area contributed by atoms with E-state index in [1.807, 2.05) is 0 Å². The number of carbonyl (C=O) groups excluding carboxylic acids is 1. The van der Waals surface area contributed by atoms with Crippen LogP contribution < -0.4 is 5.32 Å². The van der Waals surface area contributed by atoms with Gasteiger partial charge in [-0.3, -0.25) is 0 Å².